The van der Waals surface area contributed by atoms with Crippen molar-refractivity contribution in [1.82, 2.24) is 10.2 Å². The van der Waals surface area contributed by atoms with Crippen LogP contribution in [0.3, 0.4) is 0 Å². The third-order valence-electron chi connectivity index (χ3n) is 4.62. The first-order chi connectivity index (χ1) is 11.2. The zero-order valence-electron chi connectivity index (χ0n) is 13.6. The normalized spacial score (nSPS) is 17.8. The Labute approximate surface area is 137 Å². The number of carbonyl (C=O) groups is 1. The van der Waals surface area contributed by atoms with E-state index in [-0.39, 0.29) is 11.9 Å². The fourth-order valence-corrected chi connectivity index (χ4v) is 3.11. The molecule has 1 amide bonds. The summed E-state index contributed by atoms with van der Waals surface area (Å²) in [7, 11) is 0. The number of nitrogens with zero attached hydrogens (tertiary/aromatic N) is 1. The molecule has 2 heterocycles. The van der Waals surface area contributed by atoms with Crippen molar-refractivity contribution < 1.29 is 9.21 Å². The van der Waals surface area contributed by atoms with Crippen LogP contribution in [-0.4, -0.2) is 30.4 Å². The summed E-state index contributed by atoms with van der Waals surface area (Å²) in [5, 5.41) is 3.06. The number of hydrogen-bond acceptors (Lipinski definition) is 3. The predicted molar refractivity (Wildman–Crippen MR) is 90.2 cm³/mol. The Hall–Kier alpha value is -2.07. The summed E-state index contributed by atoms with van der Waals surface area (Å²) >= 11 is 0. The molecule has 1 aromatic carbocycles. The molecule has 0 saturated carbocycles. The Morgan fingerprint density at radius 3 is 2.61 bits per heavy atom. The van der Waals surface area contributed by atoms with Crippen LogP contribution >= 0.6 is 0 Å². The third kappa shape index (κ3) is 4.02. The van der Waals surface area contributed by atoms with Crippen LogP contribution < -0.4 is 5.32 Å². The van der Waals surface area contributed by atoms with Crippen molar-refractivity contribution in [2.24, 2.45) is 5.92 Å². The highest BCUT2D eigenvalue weighted by molar-refractivity contribution is 5.94. The maximum atomic E-state index is 12.3. The van der Waals surface area contributed by atoms with Crippen LogP contribution in [0, 0.1) is 5.92 Å². The summed E-state index contributed by atoms with van der Waals surface area (Å²) in [5.74, 6) is 1.67. The quantitative estimate of drug-likeness (QED) is 0.919. The van der Waals surface area contributed by atoms with Crippen LogP contribution in [0.25, 0.3) is 0 Å². The molecule has 2 aromatic rings. The van der Waals surface area contributed by atoms with Gasteiger partial charge in [-0.3, -0.25) is 9.69 Å². The largest absolute Gasteiger partial charge is 0.468 e. The zero-order valence-corrected chi connectivity index (χ0v) is 13.6. The van der Waals surface area contributed by atoms with Gasteiger partial charge in [0.15, 0.2) is 0 Å². The van der Waals surface area contributed by atoms with Crippen molar-refractivity contribution in [2.75, 3.05) is 19.6 Å². The smallest absolute Gasteiger partial charge is 0.251 e. The summed E-state index contributed by atoms with van der Waals surface area (Å²) < 4.78 is 5.62. The molecule has 1 atom stereocenters. The highest BCUT2D eigenvalue weighted by atomic mass is 16.3. The van der Waals surface area contributed by atoms with Gasteiger partial charge in [-0.15, -0.1) is 0 Å². The van der Waals surface area contributed by atoms with Gasteiger partial charge in [0.05, 0.1) is 12.3 Å². The van der Waals surface area contributed by atoms with Gasteiger partial charge in [-0.1, -0.05) is 25.1 Å². The summed E-state index contributed by atoms with van der Waals surface area (Å²) in [6, 6.07) is 13.4. The highest BCUT2D eigenvalue weighted by Crippen LogP contribution is 2.26. The second kappa shape index (κ2) is 7.47. The van der Waals surface area contributed by atoms with Gasteiger partial charge in [-0.2, -0.15) is 0 Å². The first-order valence-electron chi connectivity index (χ1n) is 8.34. The molecule has 4 nitrogen and oxygen atoms in total. The second-order valence-corrected chi connectivity index (χ2v) is 6.33. The maximum Gasteiger partial charge on any atom is 0.251 e. The third-order valence-corrected chi connectivity index (χ3v) is 4.62. The number of furan rings is 1. The number of carbonyl (C=O) groups excluding carboxylic acids is 1. The van der Waals surface area contributed by atoms with Gasteiger partial charge in [0.2, 0.25) is 0 Å². The number of rotatable bonds is 5. The number of nitrogens with one attached hydrogen (secondary N) is 1. The molecule has 1 aliphatic rings. The van der Waals surface area contributed by atoms with E-state index in [0.717, 1.165) is 24.8 Å². The van der Waals surface area contributed by atoms with Crippen molar-refractivity contribution in [3.05, 3.63) is 60.1 Å². The molecular formula is C19H24N2O2. The summed E-state index contributed by atoms with van der Waals surface area (Å²) in [5.41, 5.74) is 0.693. The molecule has 1 saturated heterocycles. The lowest BCUT2D eigenvalue weighted by Crippen LogP contribution is -2.41. The molecule has 1 unspecified atom stereocenters. The van der Waals surface area contributed by atoms with E-state index in [1.54, 1.807) is 6.26 Å². The average molecular weight is 312 g/mol. The fourth-order valence-electron chi connectivity index (χ4n) is 3.11. The van der Waals surface area contributed by atoms with Gasteiger partial charge in [0, 0.05) is 12.1 Å². The van der Waals surface area contributed by atoms with Crippen LogP contribution in [0.4, 0.5) is 0 Å². The Kier molecular flexibility index (Phi) is 5.13. The van der Waals surface area contributed by atoms with Crippen molar-refractivity contribution in [3.8, 4) is 0 Å². The van der Waals surface area contributed by atoms with Crippen LogP contribution in [0.15, 0.2) is 53.1 Å². The van der Waals surface area contributed by atoms with Gasteiger partial charge in [0.1, 0.15) is 5.76 Å². The lowest BCUT2D eigenvalue weighted by Gasteiger charge is -2.35. The molecule has 0 bridgehead atoms. The van der Waals surface area contributed by atoms with Gasteiger partial charge in [-0.25, -0.2) is 0 Å². The number of amides is 1. The minimum Gasteiger partial charge on any atom is -0.468 e. The first-order valence-corrected chi connectivity index (χ1v) is 8.34. The predicted octanol–water partition coefficient (Wildman–Crippen LogP) is 3.48. The van der Waals surface area contributed by atoms with Crippen molar-refractivity contribution >= 4 is 5.91 Å². The minimum absolute atomic E-state index is 0.0347. The van der Waals surface area contributed by atoms with E-state index in [1.807, 2.05) is 42.5 Å². The molecular weight excluding hydrogens is 288 g/mol. The SMILES string of the molecule is CC1CCN(C(CNC(=O)c2ccccc2)c2ccco2)CC1. The Morgan fingerprint density at radius 2 is 1.96 bits per heavy atom. The average Bonchev–Trinajstić information content (AvgIpc) is 3.11. The summed E-state index contributed by atoms with van der Waals surface area (Å²) in [6.07, 6.45) is 4.10. The minimum atomic E-state index is -0.0347. The number of likely N-dealkylation sites (tertiary alicyclic amines) is 1. The van der Waals surface area contributed by atoms with E-state index >= 15 is 0 Å². The van der Waals surface area contributed by atoms with Gasteiger partial charge in [-0.05, 0) is 56.1 Å². The Bertz CT molecular complexity index is 602. The van der Waals surface area contributed by atoms with Crippen molar-refractivity contribution in [3.63, 3.8) is 0 Å². The van der Waals surface area contributed by atoms with E-state index in [0.29, 0.717) is 12.1 Å². The Morgan fingerprint density at radius 1 is 1.22 bits per heavy atom. The number of benzene rings is 1. The number of hydrogen-bond donors (Lipinski definition) is 1. The maximum absolute atomic E-state index is 12.3. The topological polar surface area (TPSA) is 45.5 Å². The first kappa shape index (κ1) is 15.8. The molecule has 3 rings (SSSR count). The molecule has 1 aliphatic heterocycles. The summed E-state index contributed by atoms with van der Waals surface area (Å²) in [4.78, 5) is 14.7. The molecule has 0 radical (unpaired) electrons. The Balaban J connectivity index is 1.66. The van der Waals surface area contributed by atoms with Gasteiger partial charge >= 0.3 is 0 Å². The van der Waals surface area contributed by atoms with Crippen molar-refractivity contribution in [1.29, 1.82) is 0 Å². The lowest BCUT2D eigenvalue weighted by atomic mass is 9.97. The van der Waals surface area contributed by atoms with Crippen LogP contribution in [0.5, 0.6) is 0 Å². The molecule has 1 N–H and O–H groups in total. The fraction of sp³-hybridized carbons (Fsp3) is 0.421. The standard InChI is InChI=1S/C19H24N2O2/c1-15-9-11-21(12-10-15)17(18-8-5-13-23-18)14-20-19(22)16-6-3-2-4-7-16/h2-8,13,15,17H,9-12,14H2,1H3,(H,20,22). The molecule has 4 heteroatoms. The van der Waals surface area contributed by atoms with Crippen LogP contribution in [0.2, 0.25) is 0 Å². The lowest BCUT2D eigenvalue weighted by molar-refractivity contribution is 0.0895. The molecule has 0 spiro atoms. The van der Waals surface area contributed by atoms with Crippen molar-refractivity contribution in [2.45, 2.75) is 25.8 Å². The highest BCUT2D eigenvalue weighted by Gasteiger charge is 2.26. The molecule has 23 heavy (non-hydrogen) atoms. The van der Waals surface area contributed by atoms with E-state index in [9.17, 15) is 4.79 Å². The molecule has 122 valence electrons. The number of piperidine rings is 1. The molecule has 0 aliphatic carbocycles. The second-order valence-electron chi connectivity index (χ2n) is 6.33. The van der Waals surface area contributed by atoms with Crippen LogP contribution in [0.1, 0.15) is 41.9 Å². The monoisotopic (exact) mass is 312 g/mol. The zero-order chi connectivity index (χ0) is 16.1. The van der Waals surface area contributed by atoms with Gasteiger partial charge < -0.3 is 9.73 Å². The van der Waals surface area contributed by atoms with E-state index in [2.05, 4.69) is 17.1 Å². The van der Waals surface area contributed by atoms with Crippen LogP contribution in [-0.2, 0) is 0 Å². The van der Waals surface area contributed by atoms with E-state index in [4.69, 9.17) is 4.42 Å². The van der Waals surface area contributed by atoms with E-state index in [1.165, 1.54) is 12.8 Å². The molecule has 1 fully saturated rings. The van der Waals surface area contributed by atoms with Gasteiger partial charge in [0.25, 0.3) is 5.91 Å². The van der Waals surface area contributed by atoms with E-state index < -0.39 is 0 Å². The molecule has 1 aromatic heterocycles. The summed E-state index contributed by atoms with van der Waals surface area (Å²) in [6.45, 7) is 4.97.